The summed E-state index contributed by atoms with van der Waals surface area (Å²) in [7, 11) is 0. The summed E-state index contributed by atoms with van der Waals surface area (Å²) in [5, 5.41) is 22.8. The maximum absolute atomic E-state index is 11.9. The van der Waals surface area contributed by atoms with Crippen LogP contribution in [0.15, 0.2) is 30.6 Å². The van der Waals surface area contributed by atoms with Gasteiger partial charge >= 0.3 is 0 Å². The van der Waals surface area contributed by atoms with E-state index >= 15 is 0 Å². The van der Waals surface area contributed by atoms with Crippen molar-refractivity contribution < 1.29 is 9.90 Å². The average Bonchev–Trinajstić information content (AvgIpc) is 3.01. The number of aliphatic hydroxyl groups is 1. The van der Waals surface area contributed by atoms with Gasteiger partial charge in [0.25, 0.3) is 0 Å². The number of rotatable bonds is 7. The second kappa shape index (κ2) is 7.49. The fourth-order valence-electron chi connectivity index (χ4n) is 2.04. The number of carbonyl (C=O) groups excluding carboxylic acids is 1. The van der Waals surface area contributed by atoms with Crippen molar-refractivity contribution in [2.24, 2.45) is 0 Å². The molecule has 1 atom stereocenters. The molecule has 0 spiro atoms. The van der Waals surface area contributed by atoms with E-state index in [2.05, 4.69) is 20.8 Å². The molecule has 112 valence electrons. The van der Waals surface area contributed by atoms with Gasteiger partial charge in [-0.25, -0.2) is 4.68 Å². The van der Waals surface area contributed by atoms with Crippen molar-refractivity contribution >= 4 is 5.91 Å². The number of aromatic nitrogens is 4. The Morgan fingerprint density at radius 1 is 1.38 bits per heavy atom. The molecule has 0 saturated heterocycles. The zero-order chi connectivity index (χ0) is 15.1. The van der Waals surface area contributed by atoms with E-state index in [9.17, 15) is 4.79 Å². The van der Waals surface area contributed by atoms with Crippen LogP contribution in [0.25, 0.3) is 5.69 Å². The summed E-state index contributed by atoms with van der Waals surface area (Å²) in [6.45, 7) is 2.07. The Balaban J connectivity index is 1.92. The highest BCUT2D eigenvalue weighted by Crippen LogP contribution is 2.08. The molecule has 7 nitrogen and oxygen atoms in total. The highest BCUT2D eigenvalue weighted by atomic mass is 16.3. The van der Waals surface area contributed by atoms with Crippen molar-refractivity contribution in [3.05, 3.63) is 36.2 Å². The van der Waals surface area contributed by atoms with E-state index in [1.165, 1.54) is 6.33 Å². The number of benzene rings is 1. The molecule has 0 saturated carbocycles. The average molecular weight is 289 g/mol. The third-order valence-electron chi connectivity index (χ3n) is 3.25. The molecule has 1 unspecified atom stereocenters. The molecule has 0 aliphatic heterocycles. The smallest absolute Gasteiger partial charge is 0.224 e. The lowest BCUT2D eigenvalue weighted by molar-refractivity contribution is -0.121. The summed E-state index contributed by atoms with van der Waals surface area (Å²) in [4.78, 5) is 11.9. The standard InChI is InChI=1S/C14H19N5O2/c1-2-12(7-8-20)16-14(21)9-11-3-5-13(6-4-11)19-10-15-17-18-19/h3-6,10,12,20H,2,7-9H2,1H3,(H,16,21). The fourth-order valence-corrected chi connectivity index (χ4v) is 2.04. The van der Waals surface area contributed by atoms with E-state index in [0.29, 0.717) is 12.8 Å². The first-order valence-electron chi connectivity index (χ1n) is 6.95. The van der Waals surface area contributed by atoms with Crippen LogP contribution in [-0.4, -0.2) is 43.9 Å². The maximum atomic E-state index is 11.9. The SMILES string of the molecule is CCC(CCO)NC(=O)Cc1ccc(-n2cnnn2)cc1. The zero-order valence-corrected chi connectivity index (χ0v) is 11.9. The molecule has 1 amide bonds. The normalized spacial score (nSPS) is 12.1. The van der Waals surface area contributed by atoms with Crippen LogP contribution in [0.2, 0.25) is 0 Å². The minimum atomic E-state index is -0.0366. The third-order valence-corrected chi connectivity index (χ3v) is 3.25. The van der Waals surface area contributed by atoms with Gasteiger partial charge in [0.15, 0.2) is 0 Å². The van der Waals surface area contributed by atoms with E-state index in [1.807, 2.05) is 31.2 Å². The summed E-state index contributed by atoms with van der Waals surface area (Å²) in [5.74, 6) is -0.0366. The molecular formula is C14H19N5O2. The van der Waals surface area contributed by atoms with Gasteiger partial charge in [-0.15, -0.1) is 5.10 Å². The number of nitrogens with one attached hydrogen (secondary N) is 1. The Labute approximate surface area is 123 Å². The largest absolute Gasteiger partial charge is 0.396 e. The number of amides is 1. The van der Waals surface area contributed by atoms with E-state index in [-0.39, 0.29) is 18.6 Å². The fraction of sp³-hybridized carbons (Fsp3) is 0.429. The minimum Gasteiger partial charge on any atom is -0.396 e. The number of aliphatic hydroxyl groups excluding tert-OH is 1. The molecule has 1 aromatic carbocycles. The molecule has 2 N–H and O–H groups in total. The molecule has 0 aliphatic carbocycles. The highest BCUT2D eigenvalue weighted by molar-refractivity contribution is 5.78. The predicted molar refractivity (Wildman–Crippen MR) is 76.8 cm³/mol. The van der Waals surface area contributed by atoms with E-state index in [0.717, 1.165) is 17.7 Å². The molecule has 2 aromatic rings. The molecular weight excluding hydrogens is 270 g/mol. The van der Waals surface area contributed by atoms with Crippen LogP contribution in [-0.2, 0) is 11.2 Å². The van der Waals surface area contributed by atoms with Crippen LogP contribution >= 0.6 is 0 Å². The van der Waals surface area contributed by atoms with Gasteiger partial charge in [0.1, 0.15) is 6.33 Å². The third kappa shape index (κ3) is 4.35. The lowest BCUT2D eigenvalue weighted by Crippen LogP contribution is -2.36. The Morgan fingerprint density at radius 3 is 2.71 bits per heavy atom. The first-order valence-corrected chi connectivity index (χ1v) is 6.95. The highest BCUT2D eigenvalue weighted by Gasteiger charge is 2.10. The summed E-state index contributed by atoms with van der Waals surface area (Å²) in [6, 6.07) is 7.52. The van der Waals surface area contributed by atoms with Crippen molar-refractivity contribution in [3.63, 3.8) is 0 Å². The van der Waals surface area contributed by atoms with Gasteiger partial charge in [-0.05, 0) is 41.0 Å². The van der Waals surface area contributed by atoms with Crippen molar-refractivity contribution in [1.29, 1.82) is 0 Å². The first-order chi connectivity index (χ1) is 10.2. The van der Waals surface area contributed by atoms with Crippen molar-refractivity contribution in [3.8, 4) is 5.69 Å². The van der Waals surface area contributed by atoms with Crippen molar-refractivity contribution in [2.75, 3.05) is 6.61 Å². The van der Waals surface area contributed by atoms with Gasteiger partial charge in [0.2, 0.25) is 5.91 Å². The topological polar surface area (TPSA) is 92.9 Å². The molecule has 0 aliphatic rings. The second-order valence-corrected chi connectivity index (χ2v) is 4.78. The molecule has 21 heavy (non-hydrogen) atoms. The van der Waals surface area contributed by atoms with Crippen molar-refractivity contribution in [2.45, 2.75) is 32.2 Å². The Morgan fingerprint density at radius 2 is 2.14 bits per heavy atom. The number of nitrogens with zero attached hydrogens (tertiary/aromatic N) is 4. The lowest BCUT2D eigenvalue weighted by atomic mass is 10.1. The lowest BCUT2D eigenvalue weighted by Gasteiger charge is -2.15. The minimum absolute atomic E-state index is 0.0306. The van der Waals surface area contributed by atoms with Gasteiger partial charge in [0.05, 0.1) is 12.1 Å². The molecule has 1 aromatic heterocycles. The van der Waals surface area contributed by atoms with Crippen LogP contribution < -0.4 is 5.32 Å². The molecule has 0 fully saturated rings. The summed E-state index contributed by atoms with van der Waals surface area (Å²) in [6.07, 6.45) is 3.23. The monoisotopic (exact) mass is 289 g/mol. The quantitative estimate of drug-likeness (QED) is 0.773. The molecule has 0 bridgehead atoms. The molecule has 1 heterocycles. The van der Waals surface area contributed by atoms with E-state index in [1.54, 1.807) is 4.68 Å². The van der Waals surface area contributed by atoms with Crippen molar-refractivity contribution in [1.82, 2.24) is 25.5 Å². The zero-order valence-electron chi connectivity index (χ0n) is 11.9. The van der Waals surface area contributed by atoms with E-state index < -0.39 is 0 Å². The molecule has 2 rings (SSSR count). The van der Waals surface area contributed by atoms with Gasteiger partial charge in [-0.2, -0.15) is 0 Å². The van der Waals surface area contributed by atoms with Crippen LogP contribution in [0, 0.1) is 0 Å². The van der Waals surface area contributed by atoms with Crippen LogP contribution in [0.4, 0.5) is 0 Å². The van der Waals surface area contributed by atoms with Crippen LogP contribution in [0.3, 0.4) is 0 Å². The number of hydrogen-bond donors (Lipinski definition) is 2. The van der Waals surface area contributed by atoms with Crippen LogP contribution in [0.1, 0.15) is 25.3 Å². The summed E-state index contributed by atoms with van der Waals surface area (Å²) < 4.78 is 1.55. The number of tetrazole rings is 1. The Kier molecular flexibility index (Phi) is 5.39. The Hall–Kier alpha value is -2.28. The molecule has 0 radical (unpaired) electrons. The van der Waals surface area contributed by atoms with Crippen LogP contribution in [0.5, 0.6) is 0 Å². The maximum Gasteiger partial charge on any atom is 0.224 e. The van der Waals surface area contributed by atoms with Gasteiger partial charge in [-0.3, -0.25) is 4.79 Å². The summed E-state index contributed by atoms with van der Waals surface area (Å²) >= 11 is 0. The summed E-state index contributed by atoms with van der Waals surface area (Å²) in [5.41, 5.74) is 1.76. The van der Waals surface area contributed by atoms with Gasteiger partial charge in [0, 0.05) is 12.6 Å². The number of carbonyl (C=O) groups is 1. The van der Waals surface area contributed by atoms with Gasteiger partial charge < -0.3 is 10.4 Å². The number of hydrogen-bond acceptors (Lipinski definition) is 5. The van der Waals surface area contributed by atoms with Gasteiger partial charge in [-0.1, -0.05) is 19.1 Å². The second-order valence-electron chi connectivity index (χ2n) is 4.78. The first kappa shape index (κ1) is 15.1. The Bertz CT molecular complexity index is 553. The van der Waals surface area contributed by atoms with E-state index in [4.69, 9.17) is 5.11 Å². The molecule has 7 heteroatoms. The predicted octanol–water partition coefficient (Wildman–Crippen LogP) is 0.482.